The van der Waals surface area contributed by atoms with Crippen LogP contribution in [0.15, 0.2) is 46.9 Å². The SMILES string of the molecule is Cc1cc(Br)ccc1NC(=O)CN(C)C(=O)CCNC(=O)c1ccccc1C. The van der Waals surface area contributed by atoms with Crippen LogP contribution in [0.1, 0.15) is 27.9 Å². The van der Waals surface area contributed by atoms with Gasteiger partial charge in [-0.1, -0.05) is 34.1 Å². The summed E-state index contributed by atoms with van der Waals surface area (Å²) < 4.78 is 0.933. The molecule has 0 aliphatic heterocycles. The minimum Gasteiger partial charge on any atom is -0.352 e. The van der Waals surface area contributed by atoms with Crippen LogP contribution in [0.5, 0.6) is 0 Å². The van der Waals surface area contributed by atoms with Crippen molar-refractivity contribution in [1.82, 2.24) is 10.2 Å². The molecule has 2 aromatic rings. The lowest BCUT2D eigenvalue weighted by Gasteiger charge is -2.17. The predicted molar refractivity (Wildman–Crippen MR) is 113 cm³/mol. The monoisotopic (exact) mass is 445 g/mol. The molecule has 0 heterocycles. The van der Waals surface area contributed by atoms with Crippen LogP contribution in [0, 0.1) is 13.8 Å². The van der Waals surface area contributed by atoms with E-state index in [9.17, 15) is 14.4 Å². The number of likely N-dealkylation sites (N-methyl/N-ethyl adjacent to an activating group) is 1. The average molecular weight is 446 g/mol. The van der Waals surface area contributed by atoms with E-state index in [1.165, 1.54) is 4.90 Å². The van der Waals surface area contributed by atoms with E-state index in [0.717, 1.165) is 15.6 Å². The quantitative estimate of drug-likeness (QED) is 0.685. The molecule has 0 radical (unpaired) electrons. The predicted octanol–water partition coefficient (Wildman–Crippen LogP) is 3.28. The van der Waals surface area contributed by atoms with Gasteiger partial charge in [0.05, 0.1) is 6.54 Å². The molecule has 28 heavy (non-hydrogen) atoms. The van der Waals surface area contributed by atoms with Crippen LogP contribution in [-0.4, -0.2) is 42.8 Å². The smallest absolute Gasteiger partial charge is 0.251 e. The molecule has 0 saturated carbocycles. The maximum absolute atomic E-state index is 12.2. The normalized spacial score (nSPS) is 10.3. The third kappa shape index (κ3) is 6.20. The number of carbonyl (C=O) groups excluding carboxylic acids is 3. The first kappa shape index (κ1) is 21.6. The molecule has 0 fully saturated rings. The number of anilines is 1. The Labute approximate surface area is 173 Å². The summed E-state index contributed by atoms with van der Waals surface area (Å²) in [7, 11) is 1.57. The van der Waals surface area contributed by atoms with Crippen LogP contribution < -0.4 is 10.6 Å². The number of benzene rings is 2. The van der Waals surface area contributed by atoms with Gasteiger partial charge in [-0.2, -0.15) is 0 Å². The Morgan fingerprint density at radius 1 is 1.04 bits per heavy atom. The number of nitrogens with zero attached hydrogens (tertiary/aromatic N) is 1. The molecule has 0 spiro atoms. The molecule has 0 bridgehead atoms. The van der Waals surface area contributed by atoms with Gasteiger partial charge in [0.15, 0.2) is 0 Å². The standard InChI is InChI=1S/C21H24BrN3O3/c1-14-6-4-5-7-17(14)21(28)23-11-10-20(27)25(3)13-19(26)24-18-9-8-16(22)12-15(18)2/h4-9,12H,10-11,13H2,1-3H3,(H,23,28)(H,24,26). The first-order valence-electron chi connectivity index (χ1n) is 8.91. The third-order valence-electron chi connectivity index (χ3n) is 4.28. The highest BCUT2D eigenvalue weighted by molar-refractivity contribution is 9.10. The third-order valence-corrected chi connectivity index (χ3v) is 4.78. The fourth-order valence-electron chi connectivity index (χ4n) is 2.66. The number of rotatable bonds is 7. The first-order chi connectivity index (χ1) is 13.3. The van der Waals surface area contributed by atoms with E-state index >= 15 is 0 Å². The van der Waals surface area contributed by atoms with Crippen molar-refractivity contribution in [2.24, 2.45) is 0 Å². The van der Waals surface area contributed by atoms with Crippen molar-refractivity contribution < 1.29 is 14.4 Å². The number of hydrogen-bond donors (Lipinski definition) is 2. The number of nitrogens with one attached hydrogen (secondary N) is 2. The molecule has 0 aliphatic carbocycles. The summed E-state index contributed by atoms with van der Waals surface area (Å²) in [5, 5.41) is 5.54. The minimum atomic E-state index is -0.273. The summed E-state index contributed by atoms with van der Waals surface area (Å²) in [5.41, 5.74) is 3.10. The van der Waals surface area contributed by atoms with E-state index in [-0.39, 0.29) is 37.2 Å². The summed E-state index contributed by atoms with van der Waals surface area (Å²) in [6.45, 7) is 3.91. The van der Waals surface area contributed by atoms with E-state index in [1.807, 2.05) is 38.1 Å². The largest absolute Gasteiger partial charge is 0.352 e. The summed E-state index contributed by atoms with van der Waals surface area (Å²) in [6.07, 6.45) is 0.124. The molecule has 0 unspecified atom stereocenters. The van der Waals surface area contributed by atoms with E-state index in [0.29, 0.717) is 11.3 Å². The van der Waals surface area contributed by atoms with Gasteiger partial charge in [-0.15, -0.1) is 0 Å². The van der Waals surface area contributed by atoms with Gasteiger partial charge >= 0.3 is 0 Å². The Hall–Kier alpha value is -2.67. The van der Waals surface area contributed by atoms with Crippen molar-refractivity contribution >= 4 is 39.3 Å². The van der Waals surface area contributed by atoms with Crippen molar-refractivity contribution in [3.8, 4) is 0 Å². The second-order valence-electron chi connectivity index (χ2n) is 6.58. The molecule has 0 aliphatic rings. The van der Waals surface area contributed by atoms with Crippen molar-refractivity contribution in [2.75, 3.05) is 25.5 Å². The summed E-state index contributed by atoms with van der Waals surface area (Å²) >= 11 is 3.38. The maximum Gasteiger partial charge on any atom is 0.251 e. The minimum absolute atomic E-state index is 0.0555. The average Bonchev–Trinajstić information content (AvgIpc) is 2.64. The highest BCUT2D eigenvalue weighted by atomic mass is 79.9. The van der Waals surface area contributed by atoms with Gasteiger partial charge in [0.25, 0.3) is 5.91 Å². The fourth-order valence-corrected chi connectivity index (χ4v) is 3.13. The highest BCUT2D eigenvalue weighted by Gasteiger charge is 2.15. The lowest BCUT2D eigenvalue weighted by Crippen LogP contribution is -2.37. The Bertz CT molecular complexity index is 883. The van der Waals surface area contributed by atoms with Gasteiger partial charge in [0.1, 0.15) is 0 Å². The maximum atomic E-state index is 12.2. The van der Waals surface area contributed by atoms with Gasteiger partial charge < -0.3 is 15.5 Å². The van der Waals surface area contributed by atoms with E-state index in [2.05, 4.69) is 26.6 Å². The van der Waals surface area contributed by atoms with Crippen LogP contribution in [-0.2, 0) is 9.59 Å². The molecule has 7 heteroatoms. The van der Waals surface area contributed by atoms with Gasteiger partial charge in [0, 0.05) is 35.7 Å². The van der Waals surface area contributed by atoms with E-state index in [1.54, 1.807) is 25.2 Å². The van der Waals surface area contributed by atoms with Crippen molar-refractivity contribution in [3.63, 3.8) is 0 Å². The number of hydrogen-bond acceptors (Lipinski definition) is 3. The van der Waals surface area contributed by atoms with E-state index in [4.69, 9.17) is 0 Å². The van der Waals surface area contributed by atoms with Crippen molar-refractivity contribution in [1.29, 1.82) is 0 Å². The topological polar surface area (TPSA) is 78.5 Å². The Kier molecular flexibility index (Phi) is 7.75. The zero-order valence-corrected chi connectivity index (χ0v) is 17.8. The molecule has 0 saturated heterocycles. The lowest BCUT2D eigenvalue weighted by atomic mass is 10.1. The second kappa shape index (κ2) is 10.0. The number of halogens is 1. The Morgan fingerprint density at radius 2 is 1.75 bits per heavy atom. The van der Waals surface area contributed by atoms with Crippen molar-refractivity contribution in [2.45, 2.75) is 20.3 Å². The first-order valence-corrected chi connectivity index (χ1v) is 9.71. The van der Waals surface area contributed by atoms with Crippen LogP contribution >= 0.6 is 15.9 Å². The molecule has 2 N–H and O–H groups in total. The molecule has 6 nitrogen and oxygen atoms in total. The van der Waals surface area contributed by atoms with Crippen LogP contribution in [0.25, 0.3) is 0 Å². The molecule has 2 rings (SSSR count). The van der Waals surface area contributed by atoms with Crippen LogP contribution in [0.2, 0.25) is 0 Å². The van der Waals surface area contributed by atoms with Crippen LogP contribution in [0.4, 0.5) is 5.69 Å². The van der Waals surface area contributed by atoms with Gasteiger partial charge in [-0.3, -0.25) is 14.4 Å². The second-order valence-corrected chi connectivity index (χ2v) is 7.49. The van der Waals surface area contributed by atoms with Crippen LogP contribution in [0.3, 0.4) is 0 Å². The molecule has 0 aromatic heterocycles. The highest BCUT2D eigenvalue weighted by Crippen LogP contribution is 2.19. The van der Waals surface area contributed by atoms with Crippen molar-refractivity contribution in [3.05, 3.63) is 63.6 Å². The Morgan fingerprint density at radius 3 is 2.43 bits per heavy atom. The molecule has 2 aromatic carbocycles. The fraction of sp³-hybridized carbons (Fsp3) is 0.286. The van der Waals surface area contributed by atoms with Gasteiger partial charge in [-0.05, 0) is 49.2 Å². The Balaban J connectivity index is 1.78. The summed E-state index contributed by atoms with van der Waals surface area (Å²) in [4.78, 5) is 37.9. The number of aryl methyl sites for hydroxylation is 2. The van der Waals surface area contributed by atoms with Gasteiger partial charge in [0.2, 0.25) is 11.8 Å². The number of amides is 3. The van der Waals surface area contributed by atoms with Gasteiger partial charge in [-0.25, -0.2) is 0 Å². The summed E-state index contributed by atoms with van der Waals surface area (Å²) in [5.74, 6) is -0.699. The molecule has 3 amide bonds. The molecule has 0 atom stereocenters. The zero-order chi connectivity index (χ0) is 20.7. The zero-order valence-electron chi connectivity index (χ0n) is 16.2. The lowest BCUT2D eigenvalue weighted by molar-refractivity contribution is -0.133. The molecule has 148 valence electrons. The van der Waals surface area contributed by atoms with E-state index < -0.39 is 0 Å². The molecular formula is C21H24BrN3O3. The number of carbonyl (C=O) groups is 3. The molecular weight excluding hydrogens is 422 g/mol. The summed E-state index contributed by atoms with van der Waals surface area (Å²) in [6, 6.07) is 12.8.